The highest BCUT2D eigenvalue weighted by Crippen LogP contribution is 2.24. The number of carbonyl (C=O) groups is 1. The molecule has 0 aromatic carbocycles. The molecule has 4 nitrogen and oxygen atoms in total. The molecule has 0 aliphatic carbocycles. The van der Waals surface area contributed by atoms with Gasteiger partial charge in [-0.3, -0.25) is 9.69 Å². The Labute approximate surface area is 89.2 Å². The molecule has 15 heavy (non-hydrogen) atoms. The highest BCUT2D eigenvalue weighted by Gasteiger charge is 2.35. The summed E-state index contributed by atoms with van der Waals surface area (Å²) in [5, 5.41) is 3.26. The van der Waals surface area contributed by atoms with Gasteiger partial charge in [0.2, 0.25) is 11.8 Å². The van der Waals surface area contributed by atoms with Crippen LogP contribution in [-0.4, -0.2) is 25.5 Å². The van der Waals surface area contributed by atoms with Crippen LogP contribution in [0.3, 0.4) is 0 Å². The van der Waals surface area contributed by atoms with E-state index in [1.807, 2.05) is 19.9 Å². The molecule has 0 bridgehead atoms. The number of hydrogen-bond acceptors (Lipinski definition) is 3. The van der Waals surface area contributed by atoms with Crippen molar-refractivity contribution in [3.8, 4) is 0 Å². The molecular weight excluding hydrogens is 192 g/mol. The molecule has 1 aromatic rings. The number of amides is 1. The molecule has 2 heterocycles. The summed E-state index contributed by atoms with van der Waals surface area (Å²) in [6.45, 7) is 6.07. The fourth-order valence-corrected chi connectivity index (χ4v) is 1.77. The molecule has 0 saturated carbocycles. The fourth-order valence-electron chi connectivity index (χ4n) is 1.77. The first kappa shape index (κ1) is 10.2. The maximum atomic E-state index is 12.2. The van der Waals surface area contributed by atoms with Gasteiger partial charge in [0.05, 0.1) is 11.7 Å². The third-order valence-corrected chi connectivity index (χ3v) is 2.68. The van der Waals surface area contributed by atoms with Gasteiger partial charge in [-0.15, -0.1) is 0 Å². The molecule has 0 atom stereocenters. The van der Waals surface area contributed by atoms with Crippen molar-refractivity contribution in [2.75, 3.05) is 24.5 Å². The van der Waals surface area contributed by atoms with Crippen LogP contribution in [0.25, 0.3) is 0 Å². The molecule has 0 unspecified atom stereocenters. The normalized spacial score (nSPS) is 21.5. The van der Waals surface area contributed by atoms with E-state index in [9.17, 15) is 4.79 Å². The van der Waals surface area contributed by atoms with Crippen molar-refractivity contribution < 1.29 is 9.21 Å². The minimum atomic E-state index is -0.372. The average molecular weight is 208 g/mol. The summed E-state index contributed by atoms with van der Waals surface area (Å²) in [7, 11) is 0. The summed E-state index contributed by atoms with van der Waals surface area (Å²) >= 11 is 0. The van der Waals surface area contributed by atoms with E-state index in [0.29, 0.717) is 19.0 Å². The monoisotopic (exact) mass is 208 g/mol. The van der Waals surface area contributed by atoms with Crippen LogP contribution in [0.1, 0.15) is 13.8 Å². The van der Waals surface area contributed by atoms with Crippen molar-refractivity contribution in [2.45, 2.75) is 13.8 Å². The summed E-state index contributed by atoms with van der Waals surface area (Å²) in [6, 6.07) is 3.62. The molecule has 4 heteroatoms. The predicted molar refractivity (Wildman–Crippen MR) is 57.7 cm³/mol. The van der Waals surface area contributed by atoms with Crippen LogP contribution in [0.4, 0.5) is 5.88 Å². The maximum absolute atomic E-state index is 12.2. The Morgan fingerprint density at radius 2 is 2.33 bits per heavy atom. The highest BCUT2D eigenvalue weighted by molar-refractivity contribution is 5.96. The molecular formula is C11H16N2O2. The van der Waals surface area contributed by atoms with Crippen LogP contribution in [-0.2, 0) is 4.79 Å². The highest BCUT2D eigenvalue weighted by atomic mass is 16.3. The van der Waals surface area contributed by atoms with E-state index in [-0.39, 0.29) is 11.3 Å². The minimum Gasteiger partial charge on any atom is -0.448 e. The Kier molecular flexibility index (Phi) is 2.52. The number of nitrogens with one attached hydrogen (secondary N) is 1. The first-order chi connectivity index (χ1) is 7.11. The molecule has 0 radical (unpaired) electrons. The van der Waals surface area contributed by atoms with Crippen LogP contribution >= 0.6 is 0 Å². The summed E-state index contributed by atoms with van der Waals surface area (Å²) in [6.07, 6.45) is 1.59. The van der Waals surface area contributed by atoms with E-state index in [0.717, 1.165) is 6.54 Å². The average Bonchev–Trinajstić information content (AvgIpc) is 2.66. The van der Waals surface area contributed by atoms with E-state index in [1.54, 1.807) is 17.2 Å². The third kappa shape index (κ3) is 1.90. The van der Waals surface area contributed by atoms with Gasteiger partial charge in [0.25, 0.3) is 0 Å². The first-order valence-corrected chi connectivity index (χ1v) is 5.17. The topological polar surface area (TPSA) is 45.5 Å². The number of hydrogen-bond donors (Lipinski definition) is 1. The van der Waals surface area contributed by atoms with Crippen molar-refractivity contribution in [3.63, 3.8) is 0 Å². The summed E-state index contributed by atoms with van der Waals surface area (Å²) in [5.41, 5.74) is -0.372. The van der Waals surface area contributed by atoms with Gasteiger partial charge >= 0.3 is 0 Å². The second-order valence-corrected chi connectivity index (χ2v) is 4.47. The van der Waals surface area contributed by atoms with Gasteiger partial charge in [0.1, 0.15) is 0 Å². The fraction of sp³-hybridized carbons (Fsp3) is 0.545. The lowest BCUT2D eigenvalue weighted by Gasteiger charge is -2.26. The number of nitrogens with zero attached hydrogens (tertiary/aromatic N) is 1. The number of furan rings is 1. The Hall–Kier alpha value is -1.29. The lowest BCUT2D eigenvalue weighted by molar-refractivity contribution is -0.126. The zero-order valence-electron chi connectivity index (χ0n) is 9.12. The second-order valence-electron chi connectivity index (χ2n) is 4.47. The van der Waals surface area contributed by atoms with Crippen LogP contribution < -0.4 is 10.2 Å². The van der Waals surface area contributed by atoms with Gasteiger partial charge in [-0.05, 0) is 19.9 Å². The van der Waals surface area contributed by atoms with Gasteiger partial charge in [-0.1, -0.05) is 0 Å². The van der Waals surface area contributed by atoms with E-state index in [2.05, 4.69) is 5.32 Å². The van der Waals surface area contributed by atoms with E-state index >= 15 is 0 Å². The summed E-state index contributed by atoms with van der Waals surface area (Å²) in [4.78, 5) is 13.9. The van der Waals surface area contributed by atoms with Crippen LogP contribution in [0.5, 0.6) is 0 Å². The molecule has 0 spiro atoms. The maximum Gasteiger partial charge on any atom is 0.236 e. The smallest absolute Gasteiger partial charge is 0.236 e. The van der Waals surface area contributed by atoms with Crippen molar-refractivity contribution in [1.29, 1.82) is 0 Å². The van der Waals surface area contributed by atoms with Gasteiger partial charge < -0.3 is 9.73 Å². The van der Waals surface area contributed by atoms with Gasteiger partial charge in [0.15, 0.2) is 0 Å². The zero-order chi connectivity index (χ0) is 10.9. The largest absolute Gasteiger partial charge is 0.448 e. The molecule has 1 N–H and O–H groups in total. The SMILES string of the molecule is CC1(C)CNCCN(c2ccco2)C1=O. The van der Waals surface area contributed by atoms with Crippen LogP contribution in [0.15, 0.2) is 22.8 Å². The lowest BCUT2D eigenvalue weighted by Crippen LogP contribution is -2.41. The van der Waals surface area contributed by atoms with Gasteiger partial charge in [0, 0.05) is 25.7 Å². The van der Waals surface area contributed by atoms with E-state index < -0.39 is 0 Å². The Morgan fingerprint density at radius 1 is 1.53 bits per heavy atom. The van der Waals surface area contributed by atoms with Crippen molar-refractivity contribution in [3.05, 3.63) is 18.4 Å². The predicted octanol–water partition coefficient (Wildman–Crippen LogP) is 1.24. The minimum absolute atomic E-state index is 0.113. The first-order valence-electron chi connectivity index (χ1n) is 5.17. The standard InChI is InChI=1S/C11H16N2O2/c1-11(2)8-12-5-6-13(10(11)14)9-4-3-7-15-9/h3-4,7,12H,5-6,8H2,1-2H3. The number of rotatable bonds is 1. The molecule has 82 valence electrons. The van der Waals surface area contributed by atoms with Crippen molar-refractivity contribution >= 4 is 11.8 Å². The van der Waals surface area contributed by atoms with Crippen molar-refractivity contribution in [2.24, 2.45) is 5.41 Å². The summed E-state index contributed by atoms with van der Waals surface area (Å²) in [5.74, 6) is 0.749. The molecule has 1 aromatic heterocycles. The molecule has 1 amide bonds. The quantitative estimate of drug-likeness (QED) is 0.755. The Morgan fingerprint density at radius 3 is 3.00 bits per heavy atom. The van der Waals surface area contributed by atoms with Gasteiger partial charge in [-0.25, -0.2) is 0 Å². The molecule has 1 aliphatic rings. The van der Waals surface area contributed by atoms with E-state index in [1.165, 1.54) is 0 Å². The zero-order valence-corrected chi connectivity index (χ0v) is 9.12. The van der Waals surface area contributed by atoms with E-state index in [4.69, 9.17) is 4.42 Å². The molecule has 1 saturated heterocycles. The molecule has 1 aliphatic heterocycles. The third-order valence-electron chi connectivity index (χ3n) is 2.68. The van der Waals surface area contributed by atoms with Crippen molar-refractivity contribution in [1.82, 2.24) is 5.32 Å². The summed E-state index contributed by atoms with van der Waals surface area (Å²) < 4.78 is 5.27. The number of anilines is 1. The van der Waals surface area contributed by atoms with Gasteiger partial charge in [-0.2, -0.15) is 0 Å². The molecule has 2 rings (SSSR count). The Bertz CT molecular complexity index is 343. The Balaban J connectivity index is 2.27. The molecule has 1 fully saturated rings. The lowest BCUT2D eigenvalue weighted by atomic mass is 9.92. The van der Waals surface area contributed by atoms with Crippen LogP contribution in [0.2, 0.25) is 0 Å². The van der Waals surface area contributed by atoms with Crippen LogP contribution in [0, 0.1) is 5.41 Å². The number of carbonyl (C=O) groups excluding carboxylic acids is 1. The second kappa shape index (κ2) is 3.70.